The summed E-state index contributed by atoms with van der Waals surface area (Å²) in [5.41, 5.74) is 0.617. The fourth-order valence-electron chi connectivity index (χ4n) is 3.16. The topological polar surface area (TPSA) is 113 Å². The minimum atomic E-state index is -3.78. The first kappa shape index (κ1) is 18.4. The van der Waals surface area contributed by atoms with Crippen LogP contribution in [0, 0.1) is 19.8 Å². The van der Waals surface area contributed by atoms with E-state index >= 15 is 0 Å². The molecule has 0 radical (unpaired) electrons. The predicted octanol–water partition coefficient (Wildman–Crippen LogP) is 2.04. The van der Waals surface area contributed by atoms with E-state index in [0.29, 0.717) is 30.8 Å². The number of aryl methyl sites for hydroxylation is 2. The van der Waals surface area contributed by atoms with Gasteiger partial charge in [0.15, 0.2) is 5.76 Å². The molecule has 1 aliphatic heterocycles. The molecule has 0 spiro atoms. The zero-order valence-corrected chi connectivity index (χ0v) is 15.4. The largest absolute Gasteiger partial charge is 0.506 e. The number of phenolic OH excluding ortho intramolecular Hbond substituents is 1. The zero-order valence-electron chi connectivity index (χ0n) is 14.6. The van der Waals surface area contributed by atoms with E-state index in [4.69, 9.17) is 4.52 Å². The molecule has 1 aromatic heterocycles. The Hall–Kier alpha value is -2.39. The van der Waals surface area contributed by atoms with Gasteiger partial charge in [-0.1, -0.05) is 17.3 Å². The van der Waals surface area contributed by atoms with E-state index in [1.165, 1.54) is 10.4 Å². The number of benzene rings is 1. The highest BCUT2D eigenvalue weighted by Crippen LogP contribution is 2.29. The average molecular weight is 379 g/mol. The Balaban J connectivity index is 1.77. The number of anilines is 1. The second-order valence-electron chi connectivity index (χ2n) is 6.36. The van der Waals surface area contributed by atoms with Crippen LogP contribution in [0.1, 0.15) is 24.3 Å². The van der Waals surface area contributed by atoms with Crippen molar-refractivity contribution in [1.82, 2.24) is 9.46 Å². The molecule has 3 rings (SSSR count). The number of hydrogen-bond acceptors (Lipinski definition) is 6. The van der Waals surface area contributed by atoms with Gasteiger partial charge in [-0.3, -0.25) is 4.79 Å². The number of amides is 1. The molecule has 1 fully saturated rings. The van der Waals surface area contributed by atoms with Gasteiger partial charge in [-0.25, -0.2) is 8.42 Å². The van der Waals surface area contributed by atoms with Crippen LogP contribution in [0.2, 0.25) is 0 Å². The maximum absolute atomic E-state index is 12.9. The van der Waals surface area contributed by atoms with Crippen LogP contribution in [0.3, 0.4) is 0 Å². The van der Waals surface area contributed by atoms with Crippen molar-refractivity contribution >= 4 is 21.6 Å². The van der Waals surface area contributed by atoms with Gasteiger partial charge < -0.3 is 14.9 Å². The number of hydrogen-bond donors (Lipinski definition) is 2. The van der Waals surface area contributed by atoms with Gasteiger partial charge in [-0.15, -0.1) is 0 Å². The lowest BCUT2D eigenvalue weighted by Crippen LogP contribution is -2.43. The summed E-state index contributed by atoms with van der Waals surface area (Å²) in [7, 11) is -3.78. The van der Waals surface area contributed by atoms with Crippen LogP contribution in [0.15, 0.2) is 33.7 Å². The summed E-state index contributed by atoms with van der Waals surface area (Å²) in [5, 5.41) is 16.2. The van der Waals surface area contributed by atoms with Crippen molar-refractivity contribution in [2.75, 3.05) is 18.4 Å². The quantitative estimate of drug-likeness (QED) is 0.786. The van der Waals surface area contributed by atoms with Crippen molar-refractivity contribution in [3.8, 4) is 5.75 Å². The third kappa shape index (κ3) is 3.45. The number of sulfonamides is 1. The third-order valence-corrected chi connectivity index (χ3v) is 6.59. The zero-order chi connectivity index (χ0) is 18.9. The second kappa shape index (κ2) is 7.08. The Bertz CT molecular complexity index is 903. The summed E-state index contributed by atoms with van der Waals surface area (Å²) in [6.45, 7) is 3.55. The first-order chi connectivity index (χ1) is 12.3. The van der Waals surface area contributed by atoms with E-state index in [1.54, 1.807) is 32.0 Å². The van der Waals surface area contributed by atoms with Crippen LogP contribution in [0.5, 0.6) is 5.75 Å². The van der Waals surface area contributed by atoms with Gasteiger partial charge in [-0.05, 0) is 38.8 Å². The molecule has 1 atom stereocenters. The molecular formula is C17H21N3O5S. The number of para-hydroxylation sites is 2. The number of piperidine rings is 1. The second-order valence-corrected chi connectivity index (χ2v) is 8.24. The van der Waals surface area contributed by atoms with Crippen LogP contribution in [0.4, 0.5) is 5.69 Å². The number of aromatic hydroxyl groups is 1. The van der Waals surface area contributed by atoms with Gasteiger partial charge in [0, 0.05) is 13.1 Å². The van der Waals surface area contributed by atoms with Gasteiger partial charge in [0.05, 0.1) is 11.6 Å². The van der Waals surface area contributed by atoms with Crippen molar-refractivity contribution in [3.05, 3.63) is 35.7 Å². The number of nitrogens with zero attached hydrogens (tertiary/aromatic N) is 2. The van der Waals surface area contributed by atoms with Crippen LogP contribution < -0.4 is 5.32 Å². The molecule has 8 nitrogen and oxygen atoms in total. The highest BCUT2D eigenvalue weighted by Gasteiger charge is 2.36. The smallest absolute Gasteiger partial charge is 0.248 e. The van der Waals surface area contributed by atoms with Crippen LogP contribution >= 0.6 is 0 Å². The van der Waals surface area contributed by atoms with Crippen molar-refractivity contribution in [3.63, 3.8) is 0 Å². The van der Waals surface area contributed by atoms with Crippen molar-refractivity contribution < 1.29 is 22.8 Å². The van der Waals surface area contributed by atoms with Crippen LogP contribution in [-0.4, -0.2) is 42.0 Å². The molecular weight excluding hydrogens is 358 g/mol. The van der Waals surface area contributed by atoms with Gasteiger partial charge in [0.25, 0.3) is 0 Å². The van der Waals surface area contributed by atoms with E-state index in [0.717, 1.165) is 0 Å². The molecule has 140 valence electrons. The Labute approximate surface area is 151 Å². The molecule has 1 aliphatic rings. The molecule has 1 aromatic carbocycles. The van der Waals surface area contributed by atoms with E-state index < -0.39 is 15.9 Å². The Morgan fingerprint density at radius 3 is 2.73 bits per heavy atom. The highest BCUT2D eigenvalue weighted by molar-refractivity contribution is 7.89. The molecule has 0 saturated carbocycles. The van der Waals surface area contributed by atoms with Crippen molar-refractivity contribution in [2.24, 2.45) is 5.92 Å². The molecule has 0 bridgehead atoms. The maximum Gasteiger partial charge on any atom is 0.248 e. The monoisotopic (exact) mass is 379 g/mol. The SMILES string of the molecule is Cc1noc(C)c1S(=O)(=O)N1CCCC(C(=O)Nc2ccccc2O)C1. The van der Waals surface area contributed by atoms with E-state index in [-0.39, 0.29) is 28.9 Å². The fourth-order valence-corrected chi connectivity index (χ4v) is 4.98. The Morgan fingerprint density at radius 1 is 1.35 bits per heavy atom. The lowest BCUT2D eigenvalue weighted by atomic mass is 9.98. The maximum atomic E-state index is 12.9. The van der Waals surface area contributed by atoms with E-state index in [9.17, 15) is 18.3 Å². The highest BCUT2D eigenvalue weighted by atomic mass is 32.2. The normalized spacial score (nSPS) is 18.6. The van der Waals surface area contributed by atoms with Crippen LogP contribution in [-0.2, 0) is 14.8 Å². The third-order valence-electron chi connectivity index (χ3n) is 4.48. The minimum Gasteiger partial charge on any atom is -0.506 e. The van der Waals surface area contributed by atoms with E-state index in [2.05, 4.69) is 10.5 Å². The van der Waals surface area contributed by atoms with Crippen molar-refractivity contribution in [2.45, 2.75) is 31.6 Å². The molecule has 2 heterocycles. The first-order valence-corrected chi connectivity index (χ1v) is 9.76. The molecule has 2 N–H and O–H groups in total. The lowest BCUT2D eigenvalue weighted by Gasteiger charge is -2.31. The number of carbonyl (C=O) groups excluding carboxylic acids is 1. The Kier molecular flexibility index (Phi) is 5.01. The molecule has 2 aromatic rings. The van der Waals surface area contributed by atoms with Gasteiger partial charge in [-0.2, -0.15) is 4.31 Å². The summed E-state index contributed by atoms with van der Waals surface area (Å²) in [4.78, 5) is 12.6. The minimum absolute atomic E-state index is 0.0307. The average Bonchev–Trinajstić information content (AvgIpc) is 2.96. The van der Waals surface area contributed by atoms with Crippen LogP contribution in [0.25, 0.3) is 0 Å². The number of nitrogens with one attached hydrogen (secondary N) is 1. The van der Waals surface area contributed by atoms with Crippen molar-refractivity contribution in [1.29, 1.82) is 0 Å². The summed E-state index contributed by atoms with van der Waals surface area (Å²) >= 11 is 0. The summed E-state index contributed by atoms with van der Waals surface area (Å²) in [6.07, 6.45) is 1.15. The van der Waals surface area contributed by atoms with Gasteiger partial charge in [0.2, 0.25) is 15.9 Å². The molecule has 1 unspecified atom stereocenters. The lowest BCUT2D eigenvalue weighted by molar-refractivity contribution is -0.120. The number of rotatable bonds is 4. The first-order valence-electron chi connectivity index (χ1n) is 8.32. The summed E-state index contributed by atoms with van der Waals surface area (Å²) in [5.74, 6) is -0.607. The predicted molar refractivity (Wildman–Crippen MR) is 94.2 cm³/mol. The summed E-state index contributed by atoms with van der Waals surface area (Å²) < 4.78 is 32.1. The summed E-state index contributed by atoms with van der Waals surface area (Å²) in [6, 6.07) is 6.42. The van der Waals surface area contributed by atoms with E-state index in [1.807, 2.05) is 0 Å². The molecule has 0 aliphatic carbocycles. The molecule has 1 saturated heterocycles. The molecule has 26 heavy (non-hydrogen) atoms. The number of aromatic nitrogens is 1. The van der Waals surface area contributed by atoms with Gasteiger partial charge >= 0.3 is 0 Å². The molecule has 9 heteroatoms. The Morgan fingerprint density at radius 2 is 2.08 bits per heavy atom. The fraction of sp³-hybridized carbons (Fsp3) is 0.412. The number of phenols is 1. The number of carbonyl (C=O) groups is 1. The standard InChI is InChI=1S/C17H21N3O5S/c1-11-16(12(2)25-19-11)26(23,24)20-9-5-6-13(10-20)17(22)18-14-7-3-4-8-15(14)21/h3-4,7-8,13,21H,5-6,9-10H2,1-2H3,(H,18,22). The molecule has 1 amide bonds. The van der Waals surface area contributed by atoms with Gasteiger partial charge in [0.1, 0.15) is 16.3 Å².